The van der Waals surface area contributed by atoms with E-state index >= 15 is 0 Å². The van der Waals surface area contributed by atoms with E-state index < -0.39 is 0 Å². The molecule has 9 nitrogen and oxygen atoms in total. The van der Waals surface area contributed by atoms with Crippen molar-refractivity contribution >= 4 is 17.8 Å². The molecule has 0 saturated carbocycles. The van der Waals surface area contributed by atoms with Crippen molar-refractivity contribution in [1.29, 1.82) is 0 Å². The molecule has 2 N–H and O–H groups in total. The van der Waals surface area contributed by atoms with Crippen molar-refractivity contribution in [2.75, 3.05) is 32.6 Å². The number of benzene rings is 1. The molecule has 3 rings (SSSR count). The van der Waals surface area contributed by atoms with Crippen molar-refractivity contribution in [3.63, 3.8) is 0 Å². The molecule has 0 radical (unpaired) electrons. The minimum Gasteiger partial charge on any atom is -0.493 e. The van der Waals surface area contributed by atoms with Crippen LogP contribution in [0.1, 0.15) is 17.0 Å². The third-order valence-corrected chi connectivity index (χ3v) is 4.72. The van der Waals surface area contributed by atoms with Gasteiger partial charge in [-0.1, -0.05) is 6.07 Å². The summed E-state index contributed by atoms with van der Waals surface area (Å²) in [6.07, 6.45) is 6.43. The first-order valence-corrected chi connectivity index (χ1v) is 9.76. The van der Waals surface area contributed by atoms with Crippen molar-refractivity contribution < 1.29 is 14.3 Å². The minimum absolute atomic E-state index is 0.190. The zero-order valence-electron chi connectivity index (χ0n) is 18.0. The van der Waals surface area contributed by atoms with Crippen LogP contribution in [0, 0.1) is 13.8 Å². The SMILES string of the molecule is COc1ccc(/C=C/C(=O)NCCNc2cc(-n3cnc(C)c3C)ncn2)cc1OC. The molecule has 31 heavy (non-hydrogen) atoms. The topological polar surface area (TPSA) is 103 Å². The Morgan fingerprint density at radius 1 is 1.06 bits per heavy atom. The van der Waals surface area contributed by atoms with E-state index in [1.165, 1.54) is 12.4 Å². The molecule has 0 spiro atoms. The first kappa shape index (κ1) is 21.8. The fraction of sp³-hybridized carbons (Fsp3) is 0.273. The summed E-state index contributed by atoms with van der Waals surface area (Å²) < 4.78 is 12.4. The van der Waals surface area contributed by atoms with E-state index in [9.17, 15) is 4.79 Å². The molecule has 2 aromatic heterocycles. The van der Waals surface area contributed by atoms with E-state index in [1.807, 2.05) is 30.5 Å². The van der Waals surface area contributed by atoms with E-state index in [0.717, 1.165) is 22.8 Å². The zero-order valence-corrected chi connectivity index (χ0v) is 18.0. The maximum atomic E-state index is 12.1. The Labute approximate surface area is 181 Å². The third kappa shape index (κ3) is 5.59. The van der Waals surface area contributed by atoms with Crippen molar-refractivity contribution in [3.05, 3.63) is 59.9 Å². The van der Waals surface area contributed by atoms with Gasteiger partial charge in [-0.15, -0.1) is 0 Å². The molecule has 0 aliphatic rings. The number of imidazole rings is 1. The van der Waals surface area contributed by atoms with Gasteiger partial charge in [0, 0.05) is 30.9 Å². The number of carbonyl (C=O) groups is 1. The number of methoxy groups -OCH3 is 2. The molecular formula is C22H26N6O3. The molecule has 2 heterocycles. The molecule has 1 aromatic carbocycles. The second kappa shape index (κ2) is 10.2. The monoisotopic (exact) mass is 422 g/mol. The lowest BCUT2D eigenvalue weighted by Crippen LogP contribution is -2.27. The predicted octanol–water partition coefficient (Wildman–Crippen LogP) is 2.54. The van der Waals surface area contributed by atoms with Gasteiger partial charge < -0.3 is 20.1 Å². The third-order valence-electron chi connectivity index (χ3n) is 4.72. The summed E-state index contributed by atoms with van der Waals surface area (Å²) in [4.78, 5) is 24.9. The van der Waals surface area contributed by atoms with Crippen molar-refractivity contribution in [2.45, 2.75) is 13.8 Å². The second-order valence-electron chi connectivity index (χ2n) is 6.71. The van der Waals surface area contributed by atoms with E-state index in [-0.39, 0.29) is 5.91 Å². The Bertz CT molecular complexity index is 1080. The number of nitrogens with one attached hydrogen (secondary N) is 2. The van der Waals surface area contributed by atoms with E-state index in [2.05, 4.69) is 25.6 Å². The van der Waals surface area contributed by atoms with Crippen LogP contribution in [-0.4, -0.2) is 52.7 Å². The first-order valence-electron chi connectivity index (χ1n) is 9.76. The molecule has 1 amide bonds. The lowest BCUT2D eigenvalue weighted by Gasteiger charge is -2.09. The number of ether oxygens (including phenoxy) is 2. The Morgan fingerprint density at radius 2 is 1.87 bits per heavy atom. The molecule has 0 aliphatic heterocycles. The Kier molecular flexibility index (Phi) is 7.21. The number of hydrogen-bond acceptors (Lipinski definition) is 7. The predicted molar refractivity (Wildman–Crippen MR) is 119 cm³/mol. The summed E-state index contributed by atoms with van der Waals surface area (Å²) in [5.41, 5.74) is 2.82. The molecule has 0 aliphatic carbocycles. The molecule has 0 saturated heterocycles. The summed E-state index contributed by atoms with van der Waals surface area (Å²) in [5, 5.41) is 6.01. The van der Waals surface area contributed by atoms with Gasteiger partial charge in [-0.2, -0.15) is 0 Å². The van der Waals surface area contributed by atoms with Gasteiger partial charge in [0.1, 0.15) is 24.3 Å². The number of nitrogens with zero attached hydrogens (tertiary/aromatic N) is 4. The Balaban J connectivity index is 1.49. The number of rotatable bonds is 9. The molecule has 0 fully saturated rings. The quantitative estimate of drug-likeness (QED) is 0.403. The molecule has 9 heteroatoms. The lowest BCUT2D eigenvalue weighted by atomic mass is 10.2. The summed E-state index contributed by atoms with van der Waals surface area (Å²) in [6, 6.07) is 7.29. The van der Waals surface area contributed by atoms with Crippen LogP contribution in [0.25, 0.3) is 11.9 Å². The van der Waals surface area contributed by atoms with Crippen LogP contribution in [0.4, 0.5) is 5.82 Å². The highest BCUT2D eigenvalue weighted by atomic mass is 16.5. The maximum Gasteiger partial charge on any atom is 0.244 e. The smallest absolute Gasteiger partial charge is 0.244 e. The van der Waals surface area contributed by atoms with E-state index in [0.29, 0.717) is 30.4 Å². The van der Waals surface area contributed by atoms with Gasteiger partial charge in [0.15, 0.2) is 11.5 Å². The van der Waals surface area contributed by atoms with Crippen LogP contribution < -0.4 is 20.1 Å². The fourth-order valence-electron chi connectivity index (χ4n) is 2.87. The van der Waals surface area contributed by atoms with Crippen LogP contribution in [0.15, 0.2) is 43.0 Å². The van der Waals surface area contributed by atoms with Gasteiger partial charge in [-0.05, 0) is 37.6 Å². The highest BCUT2D eigenvalue weighted by Crippen LogP contribution is 2.27. The Hall–Kier alpha value is -3.88. The molecule has 0 atom stereocenters. The van der Waals surface area contributed by atoms with Crippen LogP contribution in [0.3, 0.4) is 0 Å². The lowest BCUT2D eigenvalue weighted by molar-refractivity contribution is -0.116. The van der Waals surface area contributed by atoms with Crippen molar-refractivity contribution in [1.82, 2.24) is 24.8 Å². The number of carbonyl (C=O) groups excluding carboxylic acids is 1. The summed E-state index contributed by atoms with van der Waals surface area (Å²) in [6.45, 7) is 4.91. The molecule has 0 unspecified atom stereocenters. The molecule has 3 aromatic rings. The standard InChI is InChI=1S/C22H26N6O3/c1-15-16(2)28(14-27-15)21-12-20(25-13-26-21)23-9-10-24-22(29)8-6-17-5-7-18(30-3)19(11-17)31-4/h5-8,11-14H,9-10H2,1-4H3,(H,24,29)(H,23,25,26)/b8-6+. The number of aryl methyl sites for hydroxylation is 1. The maximum absolute atomic E-state index is 12.1. The highest BCUT2D eigenvalue weighted by Gasteiger charge is 2.07. The van der Waals surface area contributed by atoms with Crippen LogP contribution in [-0.2, 0) is 4.79 Å². The Morgan fingerprint density at radius 3 is 2.58 bits per heavy atom. The van der Waals surface area contributed by atoms with Gasteiger partial charge >= 0.3 is 0 Å². The van der Waals surface area contributed by atoms with Gasteiger partial charge in [0.05, 0.1) is 19.9 Å². The average Bonchev–Trinajstić information content (AvgIpc) is 3.13. The number of hydrogen-bond donors (Lipinski definition) is 2. The highest BCUT2D eigenvalue weighted by molar-refractivity contribution is 5.91. The van der Waals surface area contributed by atoms with Gasteiger partial charge in [-0.25, -0.2) is 15.0 Å². The number of anilines is 1. The van der Waals surface area contributed by atoms with E-state index in [4.69, 9.17) is 9.47 Å². The fourth-order valence-corrected chi connectivity index (χ4v) is 2.87. The first-order chi connectivity index (χ1) is 15.0. The van der Waals surface area contributed by atoms with Gasteiger partial charge in [-0.3, -0.25) is 9.36 Å². The van der Waals surface area contributed by atoms with Crippen LogP contribution in [0.5, 0.6) is 11.5 Å². The van der Waals surface area contributed by atoms with Gasteiger partial charge in [0.25, 0.3) is 0 Å². The van der Waals surface area contributed by atoms with Crippen molar-refractivity contribution in [3.8, 4) is 17.3 Å². The largest absolute Gasteiger partial charge is 0.493 e. The van der Waals surface area contributed by atoms with Crippen LogP contribution in [0.2, 0.25) is 0 Å². The minimum atomic E-state index is -0.190. The molecular weight excluding hydrogens is 396 g/mol. The summed E-state index contributed by atoms with van der Waals surface area (Å²) >= 11 is 0. The molecule has 162 valence electrons. The molecule has 0 bridgehead atoms. The number of amides is 1. The van der Waals surface area contributed by atoms with E-state index in [1.54, 1.807) is 38.8 Å². The normalized spacial score (nSPS) is 10.8. The second-order valence-corrected chi connectivity index (χ2v) is 6.71. The van der Waals surface area contributed by atoms with Crippen molar-refractivity contribution in [2.24, 2.45) is 0 Å². The average molecular weight is 422 g/mol. The number of aromatic nitrogens is 4. The van der Waals surface area contributed by atoms with Crippen LogP contribution >= 0.6 is 0 Å². The summed E-state index contributed by atoms with van der Waals surface area (Å²) in [5.74, 6) is 2.47. The van der Waals surface area contributed by atoms with Gasteiger partial charge in [0.2, 0.25) is 5.91 Å². The zero-order chi connectivity index (χ0) is 22.2. The summed E-state index contributed by atoms with van der Waals surface area (Å²) in [7, 11) is 3.15.